The Bertz CT molecular complexity index is 672. The summed E-state index contributed by atoms with van der Waals surface area (Å²) in [6, 6.07) is 7.83. The van der Waals surface area contributed by atoms with Crippen LogP contribution in [0.1, 0.15) is 20.3 Å². The van der Waals surface area contributed by atoms with Gasteiger partial charge < -0.3 is 4.90 Å². The Kier molecular flexibility index (Phi) is 4.47. The number of hydrogen-bond donors (Lipinski definition) is 0. The van der Waals surface area contributed by atoms with E-state index in [1.54, 1.807) is 0 Å². The minimum Gasteiger partial charge on any atom is -0.372 e. The Hall–Kier alpha value is -0.880. The van der Waals surface area contributed by atoms with Crippen LogP contribution in [0.5, 0.6) is 0 Å². The quantitative estimate of drug-likeness (QED) is 0.497. The van der Waals surface area contributed by atoms with Gasteiger partial charge in [-0.15, -0.1) is 0 Å². The van der Waals surface area contributed by atoms with Crippen molar-refractivity contribution < 1.29 is 9.59 Å². The van der Waals surface area contributed by atoms with Crippen LogP contribution in [-0.4, -0.2) is 34.6 Å². The van der Waals surface area contributed by atoms with Gasteiger partial charge in [-0.3, -0.25) is 14.5 Å². The number of alkyl halides is 2. The lowest BCUT2D eigenvalue weighted by Gasteiger charge is -2.28. The topological polar surface area (TPSA) is 40.6 Å². The van der Waals surface area contributed by atoms with Crippen molar-refractivity contribution in [2.24, 2.45) is 23.7 Å². The number of rotatable bonds is 4. The summed E-state index contributed by atoms with van der Waals surface area (Å²) in [7, 11) is 0. The SMILES string of the molecule is CCN(CC)c1ccc(N2C(=O)[C@H]3[C@@H]4C[C@@H]([C@@H](Br)[C@H]4Br)[C@@H]3C2=O)cc1. The summed E-state index contributed by atoms with van der Waals surface area (Å²) in [6.07, 6.45) is 0.966. The molecule has 6 heteroatoms. The smallest absolute Gasteiger partial charge is 0.238 e. The van der Waals surface area contributed by atoms with E-state index in [9.17, 15) is 9.59 Å². The zero-order valence-electron chi connectivity index (χ0n) is 14.4. The highest BCUT2D eigenvalue weighted by molar-refractivity contribution is 9.12. The number of halogens is 2. The third-order valence-corrected chi connectivity index (χ3v) is 9.43. The lowest BCUT2D eigenvalue weighted by Crippen LogP contribution is -2.37. The van der Waals surface area contributed by atoms with Crippen molar-refractivity contribution in [2.75, 3.05) is 22.9 Å². The van der Waals surface area contributed by atoms with Crippen molar-refractivity contribution in [1.29, 1.82) is 0 Å². The van der Waals surface area contributed by atoms with Crippen LogP contribution in [0.25, 0.3) is 0 Å². The van der Waals surface area contributed by atoms with Gasteiger partial charge in [-0.05, 0) is 56.4 Å². The molecular formula is C19H22Br2N2O2. The van der Waals surface area contributed by atoms with Gasteiger partial charge in [0.05, 0.1) is 17.5 Å². The first kappa shape index (κ1) is 17.5. The van der Waals surface area contributed by atoms with Crippen LogP contribution in [0.3, 0.4) is 0 Å². The molecule has 2 aliphatic carbocycles. The fourth-order valence-corrected chi connectivity index (χ4v) is 6.88. The normalized spacial score (nSPS) is 36.2. The Morgan fingerprint density at radius 3 is 1.88 bits per heavy atom. The molecule has 1 aromatic rings. The first-order chi connectivity index (χ1) is 12.0. The summed E-state index contributed by atoms with van der Waals surface area (Å²) >= 11 is 7.46. The molecule has 25 heavy (non-hydrogen) atoms. The largest absolute Gasteiger partial charge is 0.372 e. The molecule has 4 nitrogen and oxygen atoms in total. The van der Waals surface area contributed by atoms with Crippen LogP contribution in [-0.2, 0) is 9.59 Å². The van der Waals surface area contributed by atoms with Crippen molar-refractivity contribution >= 4 is 55.0 Å². The number of imide groups is 1. The van der Waals surface area contributed by atoms with Gasteiger partial charge in [-0.25, -0.2) is 0 Å². The molecule has 3 aliphatic rings. The van der Waals surface area contributed by atoms with Gasteiger partial charge in [-0.2, -0.15) is 0 Å². The summed E-state index contributed by atoms with van der Waals surface area (Å²) in [5, 5.41) is 0. The second-order valence-corrected chi connectivity index (χ2v) is 9.32. The van der Waals surface area contributed by atoms with Gasteiger partial charge in [0.2, 0.25) is 11.8 Å². The second kappa shape index (κ2) is 6.38. The summed E-state index contributed by atoms with van der Waals surface area (Å²) in [5.74, 6) is 0.187. The van der Waals surface area contributed by atoms with Crippen molar-refractivity contribution in [3.8, 4) is 0 Å². The molecule has 3 fully saturated rings. The highest BCUT2D eigenvalue weighted by atomic mass is 79.9. The first-order valence-electron chi connectivity index (χ1n) is 9.00. The summed E-state index contributed by atoms with van der Waals surface area (Å²) in [4.78, 5) is 30.3. The third kappa shape index (κ3) is 2.43. The number of benzene rings is 1. The van der Waals surface area contributed by atoms with Gasteiger partial charge >= 0.3 is 0 Å². The summed E-state index contributed by atoms with van der Waals surface area (Å²) < 4.78 is 0. The average Bonchev–Trinajstić information content (AvgIpc) is 3.22. The minimum absolute atomic E-state index is 0.0121. The van der Waals surface area contributed by atoms with Gasteiger partial charge in [0.1, 0.15) is 0 Å². The molecule has 2 bridgehead atoms. The van der Waals surface area contributed by atoms with E-state index in [1.165, 1.54) is 4.90 Å². The van der Waals surface area contributed by atoms with Crippen LogP contribution in [0.15, 0.2) is 24.3 Å². The molecule has 1 saturated heterocycles. The highest BCUT2D eigenvalue weighted by Gasteiger charge is 2.66. The molecule has 1 aromatic carbocycles. The Morgan fingerprint density at radius 2 is 1.44 bits per heavy atom. The monoisotopic (exact) mass is 468 g/mol. The van der Waals surface area contributed by atoms with Gasteiger partial charge in [0, 0.05) is 28.4 Å². The number of fused-ring (bicyclic) bond motifs is 5. The Morgan fingerprint density at radius 1 is 0.960 bits per heavy atom. The number of amides is 2. The molecule has 1 heterocycles. The standard InChI is InChI=1S/C19H22Br2N2O2/c1-3-22(4-2)10-5-7-11(8-6-10)23-18(24)14-12-9-13(15(14)19(23)25)17(21)16(12)20/h5-8,12-17H,3-4,9H2,1-2H3/t12-,13+,14-,15-,16-,17+/m0/s1. The van der Waals surface area contributed by atoms with E-state index in [4.69, 9.17) is 0 Å². The van der Waals surface area contributed by atoms with Gasteiger partial charge in [0.15, 0.2) is 0 Å². The number of nitrogens with zero attached hydrogens (tertiary/aromatic N) is 2. The van der Waals surface area contributed by atoms with Crippen molar-refractivity contribution in [3.05, 3.63) is 24.3 Å². The lowest BCUT2D eigenvalue weighted by atomic mass is 9.81. The number of hydrogen-bond acceptors (Lipinski definition) is 3. The zero-order valence-corrected chi connectivity index (χ0v) is 17.5. The number of carbonyl (C=O) groups is 2. The number of carbonyl (C=O) groups excluding carboxylic acids is 2. The van der Waals surface area contributed by atoms with Crippen molar-refractivity contribution in [3.63, 3.8) is 0 Å². The van der Waals surface area contributed by atoms with E-state index in [0.29, 0.717) is 5.69 Å². The highest BCUT2D eigenvalue weighted by Crippen LogP contribution is 2.60. The van der Waals surface area contributed by atoms with Crippen molar-refractivity contribution in [2.45, 2.75) is 29.9 Å². The summed E-state index contributed by atoms with van der Waals surface area (Å²) in [6.45, 7) is 6.11. The zero-order chi connectivity index (χ0) is 17.9. The average molecular weight is 470 g/mol. The fraction of sp³-hybridized carbons (Fsp3) is 0.579. The van der Waals surface area contributed by atoms with E-state index in [2.05, 4.69) is 50.6 Å². The maximum Gasteiger partial charge on any atom is 0.238 e. The minimum atomic E-state index is -0.155. The van der Waals surface area contributed by atoms with E-state index in [1.807, 2.05) is 24.3 Å². The van der Waals surface area contributed by atoms with E-state index in [-0.39, 0.29) is 45.1 Å². The molecule has 0 unspecified atom stereocenters. The molecule has 6 atom stereocenters. The van der Waals surface area contributed by atoms with Crippen molar-refractivity contribution in [1.82, 2.24) is 0 Å². The van der Waals surface area contributed by atoms with Crippen LogP contribution in [0.2, 0.25) is 0 Å². The van der Waals surface area contributed by atoms with E-state index < -0.39 is 0 Å². The molecule has 0 spiro atoms. The van der Waals surface area contributed by atoms with Gasteiger partial charge in [0.25, 0.3) is 0 Å². The molecule has 4 rings (SSSR count). The molecular weight excluding hydrogens is 448 g/mol. The molecule has 0 N–H and O–H groups in total. The van der Waals surface area contributed by atoms with Crippen LogP contribution >= 0.6 is 31.9 Å². The third-order valence-electron chi connectivity index (χ3n) is 6.22. The maximum atomic E-state index is 13.0. The Balaban J connectivity index is 1.62. The maximum absolute atomic E-state index is 13.0. The van der Waals surface area contributed by atoms with E-state index >= 15 is 0 Å². The predicted octanol–water partition coefficient (Wildman–Crippen LogP) is 3.82. The lowest BCUT2D eigenvalue weighted by molar-refractivity contribution is -0.123. The molecule has 0 radical (unpaired) electrons. The molecule has 134 valence electrons. The van der Waals surface area contributed by atoms with Crippen LogP contribution in [0.4, 0.5) is 11.4 Å². The molecule has 1 aliphatic heterocycles. The first-order valence-corrected chi connectivity index (χ1v) is 10.8. The molecule has 2 saturated carbocycles. The van der Waals surface area contributed by atoms with Crippen LogP contribution < -0.4 is 9.80 Å². The molecule has 0 aromatic heterocycles. The predicted molar refractivity (Wildman–Crippen MR) is 107 cm³/mol. The molecule has 2 amide bonds. The Labute approximate surface area is 165 Å². The number of anilines is 2. The van der Waals surface area contributed by atoms with E-state index in [0.717, 1.165) is 25.2 Å². The summed E-state index contributed by atoms with van der Waals surface area (Å²) in [5.41, 5.74) is 1.83. The second-order valence-electron chi connectivity index (χ2n) is 7.20. The van der Waals surface area contributed by atoms with Crippen LogP contribution in [0, 0.1) is 23.7 Å². The van der Waals surface area contributed by atoms with Gasteiger partial charge in [-0.1, -0.05) is 31.9 Å². The fourth-order valence-electron chi connectivity index (χ4n) is 5.00.